The molecule has 0 aliphatic heterocycles. The number of benzene rings is 2. The first kappa shape index (κ1) is 22.2. The molecular weight excluding hydrogens is 414 g/mol. The molecule has 0 saturated heterocycles. The number of anilines is 1. The van der Waals surface area contributed by atoms with Crippen molar-refractivity contribution in [3.63, 3.8) is 0 Å². The lowest BCUT2D eigenvalue weighted by Crippen LogP contribution is -2.19. The van der Waals surface area contributed by atoms with Crippen LogP contribution in [0.2, 0.25) is 0 Å². The highest BCUT2D eigenvalue weighted by molar-refractivity contribution is 7.15. The smallest absolute Gasteiger partial charge is 0.247 e. The van der Waals surface area contributed by atoms with E-state index in [2.05, 4.69) is 40.6 Å². The number of nitrogens with one attached hydrogen (secondary N) is 1. The second-order valence-electron chi connectivity index (χ2n) is 6.92. The van der Waals surface area contributed by atoms with Gasteiger partial charge in [-0.3, -0.25) is 4.79 Å². The second kappa shape index (κ2) is 11.1. The maximum Gasteiger partial charge on any atom is 0.247 e. The fourth-order valence-corrected chi connectivity index (χ4v) is 3.46. The summed E-state index contributed by atoms with van der Waals surface area (Å²) in [5, 5.41) is 12.4. The van der Waals surface area contributed by atoms with E-state index in [0.717, 1.165) is 17.7 Å². The average molecular weight is 440 g/mol. The van der Waals surface area contributed by atoms with E-state index < -0.39 is 0 Å². The van der Waals surface area contributed by atoms with Crippen molar-refractivity contribution in [2.24, 2.45) is 5.10 Å². The minimum Gasteiger partial charge on any atom is -0.493 e. The lowest BCUT2D eigenvalue weighted by atomic mass is 10.1. The standard InChI is InChI=1S/C22H25N5O3S/c1-15-10-16(2)12-18(11-15)29-8-5-9-30-19-7-4-3-6-17(19)14-24-25-20(28)13-21-26-27-22(23)31-21/h3-4,6-7,10-12,14H,5,8-9,13H2,1-2H3,(H2,23,27)(H,25,28)/b24-14-. The topological polar surface area (TPSA) is 112 Å². The number of nitrogens with two attached hydrogens (primary N) is 1. The monoisotopic (exact) mass is 439 g/mol. The summed E-state index contributed by atoms with van der Waals surface area (Å²) in [4.78, 5) is 11.9. The van der Waals surface area contributed by atoms with E-state index in [-0.39, 0.29) is 12.3 Å². The Balaban J connectivity index is 1.44. The predicted molar refractivity (Wildman–Crippen MR) is 122 cm³/mol. The summed E-state index contributed by atoms with van der Waals surface area (Å²) in [6.45, 7) is 5.16. The number of hydrogen-bond acceptors (Lipinski definition) is 8. The molecule has 1 aromatic heterocycles. The van der Waals surface area contributed by atoms with Gasteiger partial charge in [-0.2, -0.15) is 5.10 Å². The zero-order valence-corrected chi connectivity index (χ0v) is 18.3. The van der Waals surface area contributed by atoms with Crippen LogP contribution in [0.1, 0.15) is 28.1 Å². The van der Waals surface area contributed by atoms with Gasteiger partial charge in [-0.05, 0) is 49.2 Å². The van der Waals surface area contributed by atoms with E-state index in [9.17, 15) is 4.79 Å². The highest BCUT2D eigenvalue weighted by atomic mass is 32.1. The van der Waals surface area contributed by atoms with Crippen LogP contribution in [0.25, 0.3) is 0 Å². The third-order valence-corrected chi connectivity index (χ3v) is 4.87. The third kappa shape index (κ3) is 7.38. The van der Waals surface area contributed by atoms with Crippen molar-refractivity contribution >= 4 is 28.6 Å². The normalized spacial score (nSPS) is 10.9. The number of aryl methyl sites for hydroxylation is 2. The van der Waals surface area contributed by atoms with Crippen LogP contribution in [0.5, 0.6) is 11.5 Å². The van der Waals surface area contributed by atoms with E-state index in [0.29, 0.717) is 29.1 Å². The zero-order chi connectivity index (χ0) is 22.1. The van der Waals surface area contributed by atoms with Crippen LogP contribution in [0.4, 0.5) is 5.13 Å². The summed E-state index contributed by atoms with van der Waals surface area (Å²) in [5.74, 6) is 1.26. The number of carbonyl (C=O) groups is 1. The molecule has 0 aliphatic carbocycles. The van der Waals surface area contributed by atoms with Crippen LogP contribution < -0.4 is 20.6 Å². The average Bonchev–Trinajstić information content (AvgIpc) is 3.12. The van der Waals surface area contributed by atoms with Gasteiger partial charge in [0.05, 0.1) is 25.8 Å². The van der Waals surface area contributed by atoms with Gasteiger partial charge in [0.2, 0.25) is 11.0 Å². The fourth-order valence-electron chi connectivity index (χ4n) is 2.85. The molecule has 0 aliphatic rings. The molecule has 162 valence electrons. The second-order valence-corrected chi connectivity index (χ2v) is 8.01. The number of nitrogen functional groups attached to an aromatic ring is 1. The number of para-hydroxylation sites is 1. The summed E-state index contributed by atoms with van der Waals surface area (Å²) in [6.07, 6.45) is 2.36. The Morgan fingerprint density at radius 3 is 2.61 bits per heavy atom. The van der Waals surface area contributed by atoms with Crippen LogP contribution in [0, 0.1) is 13.8 Å². The Morgan fingerprint density at radius 2 is 1.87 bits per heavy atom. The van der Waals surface area contributed by atoms with Crippen LogP contribution in [0.3, 0.4) is 0 Å². The lowest BCUT2D eigenvalue weighted by Gasteiger charge is -2.10. The van der Waals surface area contributed by atoms with Gasteiger partial charge in [0.15, 0.2) is 0 Å². The zero-order valence-electron chi connectivity index (χ0n) is 17.5. The molecule has 3 N–H and O–H groups in total. The third-order valence-electron chi connectivity index (χ3n) is 4.12. The van der Waals surface area contributed by atoms with Crippen molar-refractivity contribution in [3.8, 4) is 11.5 Å². The minimum absolute atomic E-state index is 0.0742. The lowest BCUT2D eigenvalue weighted by molar-refractivity contribution is -0.120. The molecule has 0 radical (unpaired) electrons. The summed E-state index contributed by atoms with van der Waals surface area (Å²) >= 11 is 1.17. The molecule has 0 bridgehead atoms. The minimum atomic E-state index is -0.297. The quantitative estimate of drug-likeness (QED) is 0.285. The molecule has 8 nitrogen and oxygen atoms in total. The maximum absolute atomic E-state index is 11.9. The van der Waals surface area contributed by atoms with Gasteiger partial charge < -0.3 is 15.2 Å². The molecule has 9 heteroatoms. The van der Waals surface area contributed by atoms with Gasteiger partial charge in [0, 0.05) is 12.0 Å². The summed E-state index contributed by atoms with van der Waals surface area (Å²) < 4.78 is 11.7. The fraction of sp³-hybridized carbons (Fsp3) is 0.273. The Bertz CT molecular complexity index is 1030. The molecule has 0 fully saturated rings. The molecule has 1 heterocycles. The first-order valence-corrected chi connectivity index (χ1v) is 10.6. The predicted octanol–water partition coefficient (Wildman–Crippen LogP) is 3.28. The van der Waals surface area contributed by atoms with Crippen LogP contribution >= 0.6 is 11.3 Å². The Labute approximate surface area is 185 Å². The Hall–Kier alpha value is -3.46. The van der Waals surface area contributed by atoms with Gasteiger partial charge >= 0.3 is 0 Å². The number of hydrogen-bond donors (Lipinski definition) is 2. The van der Waals surface area contributed by atoms with Crippen LogP contribution in [-0.2, 0) is 11.2 Å². The highest BCUT2D eigenvalue weighted by Gasteiger charge is 2.07. The van der Waals surface area contributed by atoms with Crippen molar-refractivity contribution in [2.45, 2.75) is 26.7 Å². The van der Waals surface area contributed by atoms with Gasteiger partial charge in [-0.1, -0.05) is 29.5 Å². The summed E-state index contributed by atoms with van der Waals surface area (Å²) in [6, 6.07) is 13.6. The van der Waals surface area contributed by atoms with Crippen molar-refractivity contribution in [1.82, 2.24) is 15.6 Å². The highest BCUT2D eigenvalue weighted by Crippen LogP contribution is 2.18. The number of rotatable bonds is 10. The molecule has 2 aromatic carbocycles. The first-order valence-electron chi connectivity index (χ1n) is 9.82. The van der Waals surface area contributed by atoms with Crippen molar-refractivity contribution in [3.05, 3.63) is 64.2 Å². The number of ether oxygens (including phenoxy) is 2. The molecule has 1 amide bonds. The molecule has 0 atom stereocenters. The molecule has 0 spiro atoms. The number of aromatic nitrogens is 2. The number of amides is 1. The van der Waals surface area contributed by atoms with E-state index in [1.165, 1.54) is 22.5 Å². The molecule has 0 saturated carbocycles. The molecule has 31 heavy (non-hydrogen) atoms. The van der Waals surface area contributed by atoms with E-state index in [1.54, 1.807) is 6.21 Å². The van der Waals surface area contributed by atoms with Gasteiger partial charge in [0.1, 0.15) is 16.5 Å². The molecular formula is C22H25N5O3S. The van der Waals surface area contributed by atoms with Gasteiger partial charge in [0.25, 0.3) is 0 Å². The molecule has 3 rings (SSSR count). The Morgan fingerprint density at radius 1 is 1.13 bits per heavy atom. The SMILES string of the molecule is Cc1cc(C)cc(OCCCOc2ccccc2/C=N\NC(=O)Cc2nnc(N)s2)c1. The maximum atomic E-state index is 11.9. The van der Waals surface area contributed by atoms with Crippen molar-refractivity contribution in [1.29, 1.82) is 0 Å². The number of hydrazone groups is 1. The Kier molecular flexibility index (Phi) is 7.94. The molecule has 3 aromatic rings. The van der Waals surface area contributed by atoms with Gasteiger partial charge in [-0.15, -0.1) is 10.2 Å². The largest absolute Gasteiger partial charge is 0.493 e. The summed E-state index contributed by atoms with van der Waals surface area (Å²) in [7, 11) is 0. The van der Waals surface area contributed by atoms with Crippen LogP contribution in [-0.4, -0.2) is 35.5 Å². The number of carbonyl (C=O) groups excluding carboxylic acids is 1. The van der Waals surface area contributed by atoms with Crippen LogP contribution in [0.15, 0.2) is 47.6 Å². The van der Waals surface area contributed by atoms with Gasteiger partial charge in [-0.25, -0.2) is 5.43 Å². The van der Waals surface area contributed by atoms with E-state index >= 15 is 0 Å². The van der Waals surface area contributed by atoms with Crippen molar-refractivity contribution < 1.29 is 14.3 Å². The summed E-state index contributed by atoms with van der Waals surface area (Å²) in [5.41, 5.74) is 11.1. The molecule has 0 unspecified atom stereocenters. The van der Waals surface area contributed by atoms with E-state index in [1.807, 2.05) is 36.4 Å². The van der Waals surface area contributed by atoms with Crippen molar-refractivity contribution in [2.75, 3.05) is 18.9 Å². The number of nitrogens with zero attached hydrogens (tertiary/aromatic N) is 3. The van der Waals surface area contributed by atoms with E-state index in [4.69, 9.17) is 15.2 Å². The first-order chi connectivity index (χ1) is 15.0.